The minimum atomic E-state index is 0.00783. The molecular formula is C18H21N3O3. The molecule has 0 N–H and O–H groups in total. The summed E-state index contributed by atoms with van der Waals surface area (Å²) in [6.07, 6.45) is 4.89. The van der Waals surface area contributed by atoms with Crippen LogP contribution in [-0.4, -0.2) is 46.6 Å². The molecule has 1 aromatic heterocycles. The van der Waals surface area contributed by atoms with E-state index in [9.17, 15) is 4.79 Å². The minimum Gasteiger partial charge on any atom is -0.493 e. The van der Waals surface area contributed by atoms with Crippen LogP contribution in [0.3, 0.4) is 0 Å². The van der Waals surface area contributed by atoms with Gasteiger partial charge in [0.15, 0.2) is 0 Å². The van der Waals surface area contributed by atoms with Gasteiger partial charge in [0, 0.05) is 38.3 Å². The normalized spacial score (nSPS) is 15.1. The summed E-state index contributed by atoms with van der Waals surface area (Å²) < 4.78 is 11.3. The largest absolute Gasteiger partial charge is 0.493 e. The van der Waals surface area contributed by atoms with E-state index in [0.29, 0.717) is 37.0 Å². The molecule has 1 fully saturated rings. The Bertz CT molecular complexity index is 670. The second-order valence-corrected chi connectivity index (χ2v) is 5.57. The fraction of sp³-hybridized carbons (Fsp3) is 0.389. The second-order valence-electron chi connectivity index (χ2n) is 5.57. The summed E-state index contributed by atoms with van der Waals surface area (Å²) in [6.45, 7) is 3.75. The molecule has 2 aromatic rings. The molecule has 2 heterocycles. The summed E-state index contributed by atoms with van der Waals surface area (Å²) in [5.74, 6) is 0.648. The lowest BCUT2D eigenvalue weighted by Crippen LogP contribution is -2.42. The summed E-state index contributed by atoms with van der Waals surface area (Å²) in [7, 11) is 0. The van der Waals surface area contributed by atoms with E-state index < -0.39 is 0 Å². The lowest BCUT2D eigenvalue weighted by Gasteiger charge is -2.32. The van der Waals surface area contributed by atoms with Crippen LogP contribution in [0.15, 0.2) is 42.7 Å². The van der Waals surface area contributed by atoms with Crippen molar-refractivity contribution in [3.05, 3.63) is 48.3 Å². The molecule has 0 bridgehead atoms. The zero-order valence-electron chi connectivity index (χ0n) is 13.7. The number of ether oxygens (including phenoxy) is 2. The highest BCUT2D eigenvalue weighted by Gasteiger charge is 2.26. The summed E-state index contributed by atoms with van der Waals surface area (Å²) in [5.41, 5.74) is 0.616. The number of amides is 1. The number of rotatable bonds is 5. The van der Waals surface area contributed by atoms with Gasteiger partial charge in [0.25, 0.3) is 5.91 Å². The van der Waals surface area contributed by atoms with Crippen molar-refractivity contribution in [2.75, 3.05) is 19.7 Å². The highest BCUT2D eigenvalue weighted by Crippen LogP contribution is 2.23. The average Bonchev–Trinajstić information content (AvgIpc) is 2.63. The maximum absolute atomic E-state index is 12.7. The van der Waals surface area contributed by atoms with Gasteiger partial charge in [0.05, 0.1) is 12.2 Å². The van der Waals surface area contributed by atoms with Crippen LogP contribution in [0.4, 0.5) is 0 Å². The van der Waals surface area contributed by atoms with Crippen molar-refractivity contribution in [2.45, 2.75) is 25.9 Å². The Labute approximate surface area is 141 Å². The van der Waals surface area contributed by atoms with Crippen LogP contribution >= 0.6 is 0 Å². The Kier molecular flexibility index (Phi) is 5.25. The smallest absolute Gasteiger partial charge is 0.316 e. The fourth-order valence-corrected chi connectivity index (χ4v) is 2.77. The molecule has 0 unspecified atom stereocenters. The molecule has 1 amide bonds. The van der Waals surface area contributed by atoms with Gasteiger partial charge in [-0.2, -0.15) is 0 Å². The van der Waals surface area contributed by atoms with Crippen molar-refractivity contribution in [1.29, 1.82) is 0 Å². The lowest BCUT2D eigenvalue weighted by molar-refractivity contribution is 0.0575. The molecule has 0 atom stereocenters. The van der Waals surface area contributed by atoms with Crippen LogP contribution in [0.2, 0.25) is 0 Å². The van der Waals surface area contributed by atoms with Gasteiger partial charge in [0.2, 0.25) is 0 Å². The quantitative estimate of drug-likeness (QED) is 0.844. The number of carbonyl (C=O) groups excluding carboxylic acids is 1. The Balaban J connectivity index is 1.59. The van der Waals surface area contributed by atoms with E-state index in [1.807, 2.05) is 36.1 Å². The SMILES string of the molecule is CCOc1ccccc1C(=O)N1CCC(Oc2ncccn2)CC1. The van der Waals surface area contributed by atoms with E-state index in [1.165, 1.54) is 0 Å². The molecule has 1 aliphatic rings. The summed E-state index contributed by atoms with van der Waals surface area (Å²) in [4.78, 5) is 22.7. The molecule has 126 valence electrons. The van der Waals surface area contributed by atoms with Gasteiger partial charge in [-0.25, -0.2) is 9.97 Å². The first-order valence-corrected chi connectivity index (χ1v) is 8.22. The van der Waals surface area contributed by atoms with Crippen molar-refractivity contribution in [3.8, 4) is 11.8 Å². The third-order valence-corrected chi connectivity index (χ3v) is 3.96. The molecular weight excluding hydrogens is 306 g/mol. The Hall–Kier alpha value is -2.63. The minimum absolute atomic E-state index is 0.00783. The molecule has 0 aliphatic carbocycles. The molecule has 1 saturated heterocycles. The average molecular weight is 327 g/mol. The molecule has 24 heavy (non-hydrogen) atoms. The third-order valence-electron chi connectivity index (χ3n) is 3.96. The van der Waals surface area contributed by atoms with E-state index in [0.717, 1.165) is 12.8 Å². The molecule has 0 radical (unpaired) electrons. The number of carbonyl (C=O) groups is 1. The van der Waals surface area contributed by atoms with Crippen molar-refractivity contribution >= 4 is 5.91 Å². The number of nitrogens with zero attached hydrogens (tertiary/aromatic N) is 3. The molecule has 1 aromatic carbocycles. The zero-order valence-corrected chi connectivity index (χ0v) is 13.7. The van der Waals surface area contributed by atoms with Crippen molar-refractivity contribution < 1.29 is 14.3 Å². The Morgan fingerprint density at radius 3 is 2.58 bits per heavy atom. The number of hydrogen-bond donors (Lipinski definition) is 0. The number of aromatic nitrogens is 2. The van der Waals surface area contributed by atoms with Gasteiger partial charge < -0.3 is 14.4 Å². The number of piperidine rings is 1. The van der Waals surface area contributed by atoms with Gasteiger partial charge in [0.1, 0.15) is 11.9 Å². The molecule has 0 saturated carbocycles. The number of para-hydroxylation sites is 1. The predicted octanol–water partition coefficient (Wildman–Crippen LogP) is 2.56. The Morgan fingerprint density at radius 2 is 1.88 bits per heavy atom. The maximum atomic E-state index is 12.7. The van der Waals surface area contributed by atoms with Gasteiger partial charge in [-0.15, -0.1) is 0 Å². The molecule has 3 rings (SSSR count). The monoisotopic (exact) mass is 327 g/mol. The van der Waals surface area contributed by atoms with E-state index in [1.54, 1.807) is 18.5 Å². The first-order chi connectivity index (χ1) is 11.8. The fourth-order valence-electron chi connectivity index (χ4n) is 2.77. The lowest BCUT2D eigenvalue weighted by atomic mass is 10.1. The number of hydrogen-bond acceptors (Lipinski definition) is 5. The van der Waals surface area contributed by atoms with Crippen LogP contribution in [-0.2, 0) is 0 Å². The van der Waals surface area contributed by atoms with Crippen molar-refractivity contribution in [3.63, 3.8) is 0 Å². The van der Waals surface area contributed by atoms with Crippen LogP contribution in [0, 0.1) is 0 Å². The summed E-state index contributed by atoms with van der Waals surface area (Å²) in [6, 6.07) is 9.53. The standard InChI is InChI=1S/C18H21N3O3/c1-2-23-16-7-4-3-6-15(16)17(22)21-12-8-14(9-13-21)24-18-19-10-5-11-20-18/h3-7,10-11,14H,2,8-9,12-13H2,1H3. The van der Waals surface area contributed by atoms with E-state index in [-0.39, 0.29) is 12.0 Å². The summed E-state index contributed by atoms with van der Waals surface area (Å²) in [5, 5.41) is 0. The second kappa shape index (κ2) is 7.77. The zero-order chi connectivity index (χ0) is 16.8. The van der Waals surface area contributed by atoms with E-state index >= 15 is 0 Å². The van der Waals surface area contributed by atoms with E-state index in [2.05, 4.69) is 9.97 Å². The van der Waals surface area contributed by atoms with Crippen molar-refractivity contribution in [2.24, 2.45) is 0 Å². The van der Waals surface area contributed by atoms with Gasteiger partial charge in [-0.3, -0.25) is 4.79 Å². The van der Waals surface area contributed by atoms with Gasteiger partial charge in [-0.1, -0.05) is 12.1 Å². The highest BCUT2D eigenvalue weighted by molar-refractivity contribution is 5.97. The van der Waals surface area contributed by atoms with E-state index in [4.69, 9.17) is 9.47 Å². The van der Waals surface area contributed by atoms with Crippen LogP contribution in [0.5, 0.6) is 11.8 Å². The molecule has 0 spiro atoms. The Morgan fingerprint density at radius 1 is 1.17 bits per heavy atom. The van der Waals surface area contributed by atoms with Crippen LogP contribution < -0.4 is 9.47 Å². The highest BCUT2D eigenvalue weighted by atomic mass is 16.5. The first kappa shape index (κ1) is 16.2. The van der Waals surface area contributed by atoms with Crippen LogP contribution in [0.25, 0.3) is 0 Å². The van der Waals surface area contributed by atoms with Crippen LogP contribution in [0.1, 0.15) is 30.1 Å². The van der Waals surface area contributed by atoms with Gasteiger partial charge >= 0.3 is 6.01 Å². The number of likely N-dealkylation sites (tertiary alicyclic amines) is 1. The molecule has 6 heteroatoms. The topological polar surface area (TPSA) is 64.5 Å². The first-order valence-electron chi connectivity index (χ1n) is 8.22. The maximum Gasteiger partial charge on any atom is 0.316 e. The third kappa shape index (κ3) is 3.82. The predicted molar refractivity (Wildman–Crippen MR) is 89.2 cm³/mol. The van der Waals surface area contributed by atoms with Gasteiger partial charge in [-0.05, 0) is 25.1 Å². The number of benzene rings is 1. The molecule has 1 aliphatic heterocycles. The van der Waals surface area contributed by atoms with Crippen molar-refractivity contribution in [1.82, 2.24) is 14.9 Å². The summed E-state index contributed by atoms with van der Waals surface area (Å²) >= 11 is 0. The molecule has 6 nitrogen and oxygen atoms in total.